The molecule has 0 saturated heterocycles. The van der Waals surface area contributed by atoms with Gasteiger partial charge in [0.1, 0.15) is 0 Å². The van der Waals surface area contributed by atoms with Crippen molar-refractivity contribution in [3.05, 3.63) is 72.1 Å². The van der Waals surface area contributed by atoms with Crippen molar-refractivity contribution in [3.8, 4) is 22.5 Å². The number of hydrogen-bond donors (Lipinski definition) is 0. The lowest BCUT2D eigenvalue weighted by Gasteiger charge is -2.06. The maximum absolute atomic E-state index is 4.41. The van der Waals surface area contributed by atoms with Gasteiger partial charge in [0.15, 0.2) is 5.82 Å². The molecule has 0 aliphatic carbocycles. The van der Waals surface area contributed by atoms with Gasteiger partial charge >= 0.3 is 0 Å². The van der Waals surface area contributed by atoms with E-state index in [1.54, 1.807) is 0 Å². The van der Waals surface area contributed by atoms with E-state index in [1.165, 1.54) is 68.1 Å². The van der Waals surface area contributed by atoms with E-state index in [0.29, 0.717) is 0 Å². The van der Waals surface area contributed by atoms with Gasteiger partial charge in [-0.15, -0.1) is 0 Å². The highest BCUT2D eigenvalue weighted by Gasteiger charge is 2.03. The summed E-state index contributed by atoms with van der Waals surface area (Å²) in [4.78, 5) is 8.82. The van der Waals surface area contributed by atoms with Crippen molar-refractivity contribution >= 4 is 0 Å². The zero-order valence-corrected chi connectivity index (χ0v) is 17.3. The van der Waals surface area contributed by atoms with E-state index in [9.17, 15) is 0 Å². The molecule has 0 atom stereocenters. The van der Waals surface area contributed by atoms with Crippen LogP contribution in [-0.4, -0.2) is 9.97 Å². The normalized spacial score (nSPS) is 10.9. The van der Waals surface area contributed by atoms with Crippen LogP contribution in [-0.2, 0) is 6.42 Å². The van der Waals surface area contributed by atoms with E-state index in [0.717, 1.165) is 17.0 Å². The van der Waals surface area contributed by atoms with Crippen molar-refractivity contribution in [2.24, 2.45) is 0 Å². The smallest absolute Gasteiger partial charge is 0.159 e. The summed E-state index contributed by atoms with van der Waals surface area (Å²) in [5.41, 5.74) is 6.08. The Morgan fingerprint density at radius 2 is 1.11 bits per heavy atom. The van der Waals surface area contributed by atoms with Gasteiger partial charge in [-0.05, 0) is 42.0 Å². The Hall–Kier alpha value is -2.48. The number of unbranched alkanes of at least 4 members (excludes halogenated alkanes) is 6. The molecule has 3 rings (SSSR count). The lowest BCUT2D eigenvalue weighted by Crippen LogP contribution is -1.89. The molecule has 0 unspecified atom stereocenters. The molecule has 1 heterocycles. The zero-order valence-electron chi connectivity index (χ0n) is 17.3. The van der Waals surface area contributed by atoms with E-state index in [2.05, 4.69) is 65.4 Å². The Balaban J connectivity index is 1.51. The summed E-state index contributed by atoms with van der Waals surface area (Å²) in [5, 5.41) is 0. The first-order chi connectivity index (χ1) is 13.8. The third-order valence-electron chi connectivity index (χ3n) is 5.28. The van der Waals surface area contributed by atoms with E-state index in [1.807, 2.05) is 19.3 Å². The van der Waals surface area contributed by atoms with E-state index >= 15 is 0 Å². The van der Waals surface area contributed by atoms with Gasteiger partial charge in [0.2, 0.25) is 0 Å². The SMILES string of the molecule is CCCCCCCCCc1ccc(-c2ccc(-c3ncc(C)cn3)cc2)cc1. The molecule has 0 bridgehead atoms. The number of rotatable bonds is 10. The molecule has 28 heavy (non-hydrogen) atoms. The molecule has 0 saturated carbocycles. The van der Waals surface area contributed by atoms with Crippen LogP contribution in [0, 0.1) is 6.92 Å². The van der Waals surface area contributed by atoms with Crippen LogP contribution < -0.4 is 0 Å². The largest absolute Gasteiger partial charge is 0.236 e. The van der Waals surface area contributed by atoms with Gasteiger partial charge in [-0.25, -0.2) is 9.97 Å². The lowest BCUT2D eigenvalue weighted by atomic mass is 10.00. The monoisotopic (exact) mass is 372 g/mol. The van der Waals surface area contributed by atoms with Crippen molar-refractivity contribution in [2.45, 2.75) is 65.2 Å². The van der Waals surface area contributed by atoms with Crippen LogP contribution in [0.3, 0.4) is 0 Å². The number of aryl methyl sites for hydroxylation is 2. The highest BCUT2D eigenvalue weighted by Crippen LogP contribution is 2.24. The zero-order chi connectivity index (χ0) is 19.6. The standard InChI is InChI=1S/C26H32N2/c1-3-4-5-6-7-8-9-10-22-11-13-23(14-12-22)24-15-17-25(18-16-24)26-27-19-21(2)20-28-26/h11-20H,3-10H2,1-2H3. The Morgan fingerprint density at radius 3 is 1.71 bits per heavy atom. The Kier molecular flexibility index (Phi) is 7.78. The molecule has 0 radical (unpaired) electrons. The maximum atomic E-state index is 4.41. The summed E-state index contributed by atoms with van der Waals surface area (Å²) in [5.74, 6) is 0.780. The molecule has 2 aromatic carbocycles. The second-order valence-electron chi connectivity index (χ2n) is 7.73. The first-order valence-corrected chi connectivity index (χ1v) is 10.7. The van der Waals surface area contributed by atoms with Gasteiger partial charge in [0.05, 0.1) is 0 Å². The van der Waals surface area contributed by atoms with Crippen molar-refractivity contribution in [3.63, 3.8) is 0 Å². The molecule has 0 fully saturated rings. The lowest BCUT2D eigenvalue weighted by molar-refractivity contribution is 0.589. The molecule has 0 aliphatic heterocycles. The molecule has 2 heteroatoms. The van der Waals surface area contributed by atoms with Gasteiger partial charge in [-0.3, -0.25) is 0 Å². The Bertz CT molecular complexity index is 818. The van der Waals surface area contributed by atoms with Crippen LogP contribution in [0.15, 0.2) is 60.9 Å². The van der Waals surface area contributed by atoms with Gasteiger partial charge in [0.25, 0.3) is 0 Å². The fraction of sp³-hybridized carbons (Fsp3) is 0.385. The molecule has 0 N–H and O–H groups in total. The molecule has 0 spiro atoms. The van der Waals surface area contributed by atoms with Crippen LogP contribution in [0.25, 0.3) is 22.5 Å². The minimum absolute atomic E-state index is 0.780. The first kappa shape index (κ1) is 20.3. The third-order valence-corrected chi connectivity index (χ3v) is 5.28. The van der Waals surface area contributed by atoms with Gasteiger partial charge in [-0.1, -0.05) is 94.0 Å². The first-order valence-electron chi connectivity index (χ1n) is 10.7. The number of hydrogen-bond acceptors (Lipinski definition) is 2. The fourth-order valence-electron chi connectivity index (χ4n) is 3.50. The summed E-state index contributed by atoms with van der Waals surface area (Å²) in [7, 11) is 0. The molecule has 1 aromatic heterocycles. The van der Waals surface area contributed by atoms with Crippen LogP contribution in [0.2, 0.25) is 0 Å². The summed E-state index contributed by atoms with van der Waals surface area (Å²) in [6.45, 7) is 4.28. The topological polar surface area (TPSA) is 25.8 Å². The van der Waals surface area contributed by atoms with Crippen molar-refractivity contribution in [2.75, 3.05) is 0 Å². The average molecular weight is 373 g/mol. The van der Waals surface area contributed by atoms with Gasteiger partial charge < -0.3 is 0 Å². The van der Waals surface area contributed by atoms with Crippen LogP contribution in [0.5, 0.6) is 0 Å². The van der Waals surface area contributed by atoms with Crippen molar-refractivity contribution in [1.29, 1.82) is 0 Å². The highest BCUT2D eigenvalue weighted by molar-refractivity contribution is 5.67. The maximum Gasteiger partial charge on any atom is 0.159 e. The predicted octanol–water partition coefficient (Wildman–Crippen LogP) is 7.41. The highest BCUT2D eigenvalue weighted by atomic mass is 14.9. The molecule has 0 amide bonds. The summed E-state index contributed by atoms with van der Waals surface area (Å²) in [6.07, 6.45) is 14.5. The van der Waals surface area contributed by atoms with Crippen LogP contribution in [0.4, 0.5) is 0 Å². The number of benzene rings is 2. The molecule has 146 valence electrons. The minimum atomic E-state index is 0.780. The van der Waals surface area contributed by atoms with Gasteiger partial charge in [0, 0.05) is 18.0 Å². The van der Waals surface area contributed by atoms with E-state index in [-0.39, 0.29) is 0 Å². The summed E-state index contributed by atoms with van der Waals surface area (Å²) >= 11 is 0. The summed E-state index contributed by atoms with van der Waals surface area (Å²) < 4.78 is 0. The molecule has 0 aliphatic rings. The average Bonchev–Trinajstić information content (AvgIpc) is 2.74. The molecular formula is C26H32N2. The Labute approximate surface area is 170 Å². The quantitative estimate of drug-likeness (QED) is 0.346. The predicted molar refractivity (Wildman–Crippen MR) is 119 cm³/mol. The van der Waals surface area contributed by atoms with E-state index in [4.69, 9.17) is 0 Å². The number of nitrogens with zero attached hydrogens (tertiary/aromatic N) is 2. The van der Waals surface area contributed by atoms with Crippen molar-refractivity contribution < 1.29 is 0 Å². The van der Waals surface area contributed by atoms with Crippen LogP contribution >= 0.6 is 0 Å². The third kappa shape index (κ3) is 6.02. The second kappa shape index (κ2) is 10.8. The molecule has 2 nitrogen and oxygen atoms in total. The summed E-state index contributed by atoms with van der Waals surface area (Å²) in [6, 6.07) is 17.6. The van der Waals surface area contributed by atoms with Crippen LogP contribution in [0.1, 0.15) is 63.0 Å². The molecular weight excluding hydrogens is 340 g/mol. The fourth-order valence-corrected chi connectivity index (χ4v) is 3.50. The number of aromatic nitrogens is 2. The second-order valence-corrected chi connectivity index (χ2v) is 7.73. The van der Waals surface area contributed by atoms with Crippen molar-refractivity contribution in [1.82, 2.24) is 9.97 Å². The Morgan fingerprint density at radius 1 is 0.607 bits per heavy atom. The van der Waals surface area contributed by atoms with Gasteiger partial charge in [-0.2, -0.15) is 0 Å². The van der Waals surface area contributed by atoms with E-state index < -0.39 is 0 Å². The minimum Gasteiger partial charge on any atom is -0.236 e. The molecule has 3 aromatic rings.